The largest absolute Gasteiger partial charge is 0.469 e. The molecule has 5 heteroatoms. The van der Waals surface area contributed by atoms with Gasteiger partial charge in [0.1, 0.15) is 0 Å². The van der Waals surface area contributed by atoms with Crippen LogP contribution in [0.1, 0.15) is 19.0 Å². The van der Waals surface area contributed by atoms with E-state index < -0.39 is 0 Å². The number of hydrogen-bond acceptors (Lipinski definition) is 5. The fourth-order valence-electron chi connectivity index (χ4n) is 0.921. The van der Waals surface area contributed by atoms with Crippen LogP contribution in [0.3, 0.4) is 0 Å². The minimum Gasteiger partial charge on any atom is -0.469 e. The lowest BCUT2D eigenvalue weighted by atomic mass is 10.3. The quantitative estimate of drug-likeness (QED) is 0.758. The van der Waals surface area contributed by atoms with Gasteiger partial charge in [0.05, 0.1) is 19.2 Å². The van der Waals surface area contributed by atoms with Crippen molar-refractivity contribution in [3.05, 3.63) is 11.1 Å². The molecule has 0 aliphatic heterocycles. The second kappa shape index (κ2) is 5.59. The van der Waals surface area contributed by atoms with E-state index in [1.165, 1.54) is 18.4 Å². The van der Waals surface area contributed by atoms with Crippen molar-refractivity contribution in [2.75, 3.05) is 19.0 Å². The zero-order valence-corrected chi connectivity index (χ0v) is 9.19. The molecule has 0 saturated heterocycles. The van der Waals surface area contributed by atoms with E-state index in [2.05, 4.69) is 22.0 Å². The number of ether oxygens (including phenoxy) is 1. The molecule has 0 saturated carbocycles. The number of nitrogens with zero attached hydrogens (tertiary/aromatic N) is 1. The summed E-state index contributed by atoms with van der Waals surface area (Å²) in [6.45, 7) is 3.00. The number of aromatic nitrogens is 1. The molecule has 1 rings (SSSR count). The Morgan fingerprint density at radius 1 is 1.71 bits per heavy atom. The van der Waals surface area contributed by atoms with Gasteiger partial charge in [0.2, 0.25) is 0 Å². The summed E-state index contributed by atoms with van der Waals surface area (Å²) in [5.74, 6) is -0.252. The van der Waals surface area contributed by atoms with Gasteiger partial charge in [-0.05, 0) is 6.42 Å². The molecule has 1 aromatic heterocycles. The Bertz CT molecular complexity index is 299. The summed E-state index contributed by atoms with van der Waals surface area (Å²) in [7, 11) is 1.38. The maximum atomic E-state index is 10.9. The van der Waals surface area contributed by atoms with Crippen molar-refractivity contribution in [3.63, 3.8) is 0 Å². The summed E-state index contributed by atoms with van der Waals surface area (Å²) in [6, 6.07) is 0. The Balaban J connectivity index is 2.46. The molecule has 1 aromatic rings. The lowest BCUT2D eigenvalue weighted by Gasteiger charge is -1.97. The van der Waals surface area contributed by atoms with E-state index in [0.29, 0.717) is 0 Å². The van der Waals surface area contributed by atoms with Crippen molar-refractivity contribution in [3.8, 4) is 0 Å². The lowest BCUT2D eigenvalue weighted by Crippen LogP contribution is -2.05. The molecule has 0 radical (unpaired) electrons. The van der Waals surface area contributed by atoms with Crippen LogP contribution in [-0.2, 0) is 16.0 Å². The number of hydrogen-bond donors (Lipinski definition) is 1. The highest BCUT2D eigenvalue weighted by atomic mass is 32.1. The Kier molecular flexibility index (Phi) is 4.39. The predicted molar refractivity (Wildman–Crippen MR) is 56.6 cm³/mol. The molecular weight excluding hydrogens is 200 g/mol. The molecule has 1 N–H and O–H groups in total. The van der Waals surface area contributed by atoms with Gasteiger partial charge in [-0.2, -0.15) is 0 Å². The summed E-state index contributed by atoms with van der Waals surface area (Å²) < 4.78 is 4.55. The monoisotopic (exact) mass is 214 g/mol. The van der Waals surface area contributed by atoms with Gasteiger partial charge in [-0.25, -0.2) is 4.98 Å². The first-order valence-electron chi connectivity index (χ1n) is 4.51. The minimum atomic E-state index is -0.252. The van der Waals surface area contributed by atoms with E-state index in [1.54, 1.807) is 0 Å². The predicted octanol–water partition coefficient (Wildman–Crippen LogP) is 1.68. The molecule has 0 amide bonds. The van der Waals surface area contributed by atoms with Crippen LogP contribution in [0.15, 0.2) is 5.38 Å². The Labute approximate surface area is 87.3 Å². The summed E-state index contributed by atoms with van der Waals surface area (Å²) in [4.78, 5) is 15.2. The number of carbonyl (C=O) groups is 1. The molecule has 0 atom stereocenters. The van der Waals surface area contributed by atoms with Crippen LogP contribution in [0.25, 0.3) is 0 Å². The molecule has 4 nitrogen and oxygen atoms in total. The van der Waals surface area contributed by atoms with Crippen molar-refractivity contribution >= 4 is 22.4 Å². The normalized spacial score (nSPS) is 9.86. The first-order valence-corrected chi connectivity index (χ1v) is 5.39. The molecule has 78 valence electrons. The number of anilines is 1. The maximum Gasteiger partial charge on any atom is 0.311 e. The average Bonchev–Trinajstić information content (AvgIpc) is 2.62. The fraction of sp³-hybridized carbons (Fsp3) is 0.556. The van der Waals surface area contributed by atoms with Crippen LogP contribution >= 0.6 is 11.3 Å². The SMILES string of the molecule is CCCNc1nc(CC(=O)OC)cs1. The van der Waals surface area contributed by atoms with Crippen LogP contribution < -0.4 is 5.32 Å². The molecule has 0 aliphatic carbocycles. The molecule has 0 unspecified atom stereocenters. The van der Waals surface area contributed by atoms with Gasteiger partial charge in [-0.1, -0.05) is 6.92 Å². The van der Waals surface area contributed by atoms with Crippen LogP contribution in [0, 0.1) is 0 Å². The molecular formula is C9H14N2O2S. The topological polar surface area (TPSA) is 51.2 Å². The van der Waals surface area contributed by atoms with Crippen molar-refractivity contribution in [1.29, 1.82) is 0 Å². The van der Waals surface area contributed by atoms with E-state index in [0.717, 1.165) is 23.8 Å². The highest BCUT2D eigenvalue weighted by Gasteiger charge is 2.06. The van der Waals surface area contributed by atoms with Crippen LogP contribution in [0.5, 0.6) is 0 Å². The van der Waals surface area contributed by atoms with Gasteiger partial charge in [0.25, 0.3) is 0 Å². The first-order chi connectivity index (χ1) is 6.76. The van der Waals surface area contributed by atoms with Gasteiger partial charge >= 0.3 is 5.97 Å². The van der Waals surface area contributed by atoms with E-state index in [4.69, 9.17) is 0 Å². The van der Waals surface area contributed by atoms with Crippen molar-refractivity contribution < 1.29 is 9.53 Å². The Morgan fingerprint density at radius 3 is 3.14 bits per heavy atom. The van der Waals surface area contributed by atoms with Crippen molar-refractivity contribution in [1.82, 2.24) is 4.98 Å². The molecule has 1 heterocycles. The molecule has 0 aromatic carbocycles. The van der Waals surface area contributed by atoms with Crippen LogP contribution in [0.2, 0.25) is 0 Å². The Morgan fingerprint density at radius 2 is 2.50 bits per heavy atom. The summed E-state index contributed by atoms with van der Waals surface area (Å²) in [5.41, 5.74) is 0.764. The summed E-state index contributed by atoms with van der Waals surface area (Å²) >= 11 is 1.51. The highest BCUT2D eigenvalue weighted by Crippen LogP contribution is 2.15. The number of methoxy groups -OCH3 is 1. The number of esters is 1. The Hall–Kier alpha value is -1.10. The first kappa shape index (κ1) is 11.0. The molecule has 14 heavy (non-hydrogen) atoms. The molecule has 0 spiro atoms. The zero-order valence-electron chi connectivity index (χ0n) is 8.37. The van der Waals surface area contributed by atoms with Gasteiger partial charge in [-0.3, -0.25) is 4.79 Å². The average molecular weight is 214 g/mol. The van der Waals surface area contributed by atoms with Crippen molar-refractivity contribution in [2.24, 2.45) is 0 Å². The number of nitrogens with one attached hydrogen (secondary N) is 1. The van der Waals surface area contributed by atoms with E-state index in [1.807, 2.05) is 5.38 Å². The van der Waals surface area contributed by atoms with Gasteiger partial charge < -0.3 is 10.1 Å². The van der Waals surface area contributed by atoms with Gasteiger partial charge in [0.15, 0.2) is 5.13 Å². The second-order valence-electron chi connectivity index (χ2n) is 2.82. The van der Waals surface area contributed by atoms with Crippen LogP contribution in [0.4, 0.5) is 5.13 Å². The molecule has 0 bridgehead atoms. The van der Waals surface area contributed by atoms with Gasteiger partial charge in [-0.15, -0.1) is 11.3 Å². The van der Waals surface area contributed by atoms with Crippen LogP contribution in [-0.4, -0.2) is 24.6 Å². The fourth-order valence-corrected chi connectivity index (χ4v) is 1.66. The lowest BCUT2D eigenvalue weighted by molar-refractivity contribution is -0.139. The second-order valence-corrected chi connectivity index (χ2v) is 3.68. The standard InChI is InChI=1S/C9H14N2O2S/c1-3-4-10-9-11-7(6-14-9)5-8(12)13-2/h6H,3-5H2,1-2H3,(H,10,11). The maximum absolute atomic E-state index is 10.9. The number of carbonyl (C=O) groups excluding carboxylic acids is 1. The third-order valence-electron chi connectivity index (χ3n) is 1.63. The molecule has 0 fully saturated rings. The summed E-state index contributed by atoms with van der Waals surface area (Å²) in [6.07, 6.45) is 1.31. The summed E-state index contributed by atoms with van der Waals surface area (Å²) in [5, 5.41) is 5.90. The number of rotatable bonds is 5. The van der Waals surface area contributed by atoms with Crippen molar-refractivity contribution in [2.45, 2.75) is 19.8 Å². The van der Waals surface area contributed by atoms with E-state index in [-0.39, 0.29) is 12.4 Å². The zero-order chi connectivity index (χ0) is 10.4. The van der Waals surface area contributed by atoms with Gasteiger partial charge in [0, 0.05) is 11.9 Å². The minimum absolute atomic E-state index is 0.251. The third kappa shape index (κ3) is 3.33. The smallest absolute Gasteiger partial charge is 0.311 e. The van der Waals surface area contributed by atoms with E-state index >= 15 is 0 Å². The third-order valence-corrected chi connectivity index (χ3v) is 2.48. The number of thiazole rings is 1. The highest BCUT2D eigenvalue weighted by molar-refractivity contribution is 7.13. The van der Waals surface area contributed by atoms with E-state index in [9.17, 15) is 4.79 Å². The molecule has 0 aliphatic rings.